The molecule has 0 radical (unpaired) electrons. The lowest BCUT2D eigenvalue weighted by molar-refractivity contribution is 0.130. The van der Waals surface area contributed by atoms with Crippen LogP contribution < -0.4 is 5.32 Å². The third-order valence-electron chi connectivity index (χ3n) is 4.55. The number of nitrogens with zero attached hydrogens (tertiary/aromatic N) is 1. The van der Waals surface area contributed by atoms with E-state index in [2.05, 4.69) is 31.1 Å². The van der Waals surface area contributed by atoms with Gasteiger partial charge in [0.05, 0.1) is 0 Å². The van der Waals surface area contributed by atoms with Crippen LogP contribution in [0.1, 0.15) is 65.2 Å². The Morgan fingerprint density at radius 2 is 1.89 bits per heavy atom. The number of nitrogens with one attached hydrogen (secondary N) is 1. The summed E-state index contributed by atoms with van der Waals surface area (Å²) in [5.74, 6) is 0.973. The van der Waals surface area contributed by atoms with Crippen molar-refractivity contribution in [3.8, 4) is 0 Å². The van der Waals surface area contributed by atoms with Gasteiger partial charge in [-0.1, -0.05) is 32.6 Å². The Labute approximate surface area is 115 Å². The molecule has 1 saturated heterocycles. The molecule has 1 unspecified atom stereocenters. The molecule has 0 saturated carbocycles. The highest BCUT2D eigenvalue weighted by Crippen LogP contribution is 2.23. The molecule has 1 aliphatic rings. The van der Waals surface area contributed by atoms with E-state index in [1.54, 1.807) is 0 Å². The maximum Gasteiger partial charge on any atom is 0.00669 e. The highest BCUT2D eigenvalue weighted by Gasteiger charge is 2.21. The quantitative estimate of drug-likeness (QED) is 0.632. The second-order valence-corrected chi connectivity index (χ2v) is 6.07. The molecular formula is C16H34N2. The van der Waals surface area contributed by atoms with Crippen LogP contribution in [0.25, 0.3) is 0 Å². The van der Waals surface area contributed by atoms with Gasteiger partial charge in [0.25, 0.3) is 0 Å². The fourth-order valence-corrected chi connectivity index (χ4v) is 3.08. The van der Waals surface area contributed by atoms with Crippen LogP contribution in [0, 0.1) is 5.92 Å². The zero-order valence-electron chi connectivity index (χ0n) is 12.9. The molecule has 2 heteroatoms. The maximum absolute atomic E-state index is 3.28. The fourth-order valence-electron chi connectivity index (χ4n) is 3.08. The first kappa shape index (κ1) is 16.0. The van der Waals surface area contributed by atoms with E-state index in [0.29, 0.717) is 0 Å². The zero-order valence-corrected chi connectivity index (χ0v) is 12.9. The maximum atomic E-state index is 3.28. The van der Waals surface area contributed by atoms with Gasteiger partial charge in [-0.15, -0.1) is 0 Å². The number of hydrogen-bond donors (Lipinski definition) is 1. The summed E-state index contributed by atoms with van der Waals surface area (Å²) in [5, 5.41) is 3.28. The molecule has 1 heterocycles. The van der Waals surface area contributed by atoms with Gasteiger partial charge in [0.2, 0.25) is 0 Å². The first-order chi connectivity index (χ1) is 8.77. The lowest BCUT2D eigenvalue weighted by atomic mass is 9.92. The van der Waals surface area contributed by atoms with E-state index in [1.165, 1.54) is 71.0 Å². The minimum atomic E-state index is 0.812. The summed E-state index contributed by atoms with van der Waals surface area (Å²) in [4.78, 5) is 2.72. The Bertz CT molecular complexity index is 186. The summed E-state index contributed by atoms with van der Waals surface area (Å²) < 4.78 is 0. The van der Waals surface area contributed by atoms with E-state index in [-0.39, 0.29) is 0 Å². The van der Waals surface area contributed by atoms with Crippen LogP contribution in [0.2, 0.25) is 0 Å². The molecule has 0 aliphatic carbocycles. The predicted octanol–water partition coefficient (Wildman–Crippen LogP) is 3.67. The lowest BCUT2D eigenvalue weighted by Gasteiger charge is -2.36. The summed E-state index contributed by atoms with van der Waals surface area (Å²) in [6, 6.07) is 0.812. The summed E-state index contributed by atoms with van der Waals surface area (Å²) in [7, 11) is 2.06. The molecule has 0 amide bonds. The van der Waals surface area contributed by atoms with Gasteiger partial charge in [-0.3, -0.25) is 0 Å². The highest BCUT2D eigenvalue weighted by molar-refractivity contribution is 4.76. The van der Waals surface area contributed by atoms with Crippen LogP contribution in [0.4, 0.5) is 0 Å². The lowest BCUT2D eigenvalue weighted by Crippen LogP contribution is -2.40. The number of piperidine rings is 1. The Balaban J connectivity index is 2.09. The van der Waals surface area contributed by atoms with Gasteiger partial charge >= 0.3 is 0 Å². The van der Waals surface area contributed by atoms with Crippen molar-refractivity contribution in [1.29, 1.82) is 0 Å². The van der Waals surface area contributed by atoms with Crippen molar-refractivity contribution in [3.05, 3.63) is 0 Å². The SMILES string of the molecule is CCCCCCC(C)N1CCC(CCNC)CC1. The molecule has 0 aromatic heterocycles. The fraction of sp³-hybridized carbons (Fsp3) is 1.00. The largest absolute Gasteiger partial charge is 0.320 e. The molecule has 0 aromatic rings. The molecule has 2 nitrogen and oxygen atoms in total. The molecule has 1 fully saturated rings. The van der Waals surface area contributed by atoms with E-state index in [0.717, 1.165) is 12.0 Å². The van der Waals surface area contributed by atoms with Crippen LogP contribution >= 0.6 is 0 Å². The molecule has 0 aromatic carbocycles. The monoisotopic (exact) mass is 254 g/mol. The summed E-state index contributed by atoms with van der Waals surface area (Å²) in [6.45, 7) is 8.59. The first-order valence-electron chi connectivity index (χ1n) is 8.16. The van der Waals surface area contributed by atoms with Crippen molar-refractivity contribution in [3.63, 3.8) is 0 Å². The van der Waals surface area contributed by atoms with E-state index in [4.69, 9.17) is 0 Å². The van der Waals surface area contributed by atoms with Crippen molar-refractivity contribution in [2.75, 3.05) is 26.7 Å². The topological polar surface area (TPSA) is 15.3 Å². The van der Waals surface area contributed by atoms with Crippen molar-refractivity contribution in [2.24, 2.45) is 5.92 Å². The number of unbranched alkanes of at least 4 members (excludes halogenated alkanes) is 3. The van der Waals surface area contributed by atoms with Crippen molar-refractivity contribution >= 4 is 0 Å². The van der Waals surface area contributed by atoms with Gasteiger partial charge in [-0.2, -0.15) is 0 Å². The average Bonchev–Trinajstić information content (AvgIpc) is 2.41. The Morgan fingerprint density at radius 3 is 2.50 bits per heavy atom. The van der Waals surface area contributed by atoms with Gasteiger partial charge in [-0.05, 0) is 65.2 Å². The van der Waals surface area contributed by atoms with Crippen LogP contribution in [-0.4, -0.2) is 37.6 Å². The molecule has 1 aliphatic heterocycles. The van der Waals surface area contributed by atoms with Crippen molar-refractivity contribution in [2.45, 2.75) is 71.3 Å². The summed E-state index contributed by atoms with van der Waals surface area (Å²) >= 11 is 0. The van der Waals surface area contributed by atoms with Crippen LogP contribution in [0.5, 0.6) is 0 Å². The molecule has 1 rings (SSSR count). The number of likely N-dealkylation sites (tertiary alicyclic amines) is 1. The molecular weight excluding hydrogens is 220 g/mol. The van der Waals surface area contributed by atoms with Gasteiger partial charge < -0.3 is 10.2 Å². The Kier molecular flexibility index (Phi) is 8.70. The Hall–Kier alpha value is -0.0800. The molecule has 1 N–H and O–H groups in total. The van der Waals surface area contributed by atoms with Gasteiger partial charge in [-0.25, -0.2) is 0 Å². The van der Waals surface area contributed by atoms with Crippen LogP contribution in [-0.2, 0) is 0 Å². The predicted molar refractivity (Wildman–Crippen MR) is 81.1 cm³/mol. The minimum Gasteiger partial charge on any atom is -0.320 e. The van der Waals surface area contributed by atoms with E-state index in [9.17, 15) is 0 Å². The second kappa shape index (κ2) is 9.80. The minimum absolute atomic E-state index is 0.812. The smallest absolute Gasteiger partial charge is 0.00669 e. The number of hydrogen-bond acceptors (Lipinski definition) is 2. The number of rotatable bonds is 9. The van der Waals surface area contributed by atoms with Gasteiger partial charge in [0.1, 0.15) is 0 Å². The van der Waals surface area contributed by atoms with Gasteiger partial charge in [0.15, 0.2) is 0 Å². The molecule has 108 valence electrons. The Morgan fingerprint density at radius 1 is 1.17 bits per heavy atom. The molecule has 18 heavy (non-hydrogen) atoms. The van der Waals surface area contributed by atoms with Crippen molar-refractivity contribution in [1.82, 2.24) is 10.2 Å². The van der Waals surface area contributed by atoms with E-state index >= 15 is 0 Å². The third-order valence-corrected chi connectivity index (χ3v) is 4.55. The van der Waals surface area contributed by atoms with E-state index < -0.39 is 0 Å². The van der Waals surface area contributed by atoms with Crippen LogP contribution in [0.3, 0.4) is 0 Å². The zero-order chi connectivity index (χ0) is 13.2. The molecule has 1 atom stereocenters. The normalized spacial score (nSPS) is 20.2. The standard InChI is InChI=1S/C16H34N2/c1-4-5-6-7-8-15(2)18-13-10-16(11-14-18)9-12-17-3/h15-17H,4-14H2,1-3H3. The second-order valence-electron chi connectivity index (χ2n) is 6.07. The average molecular weight is 254 g/mol. The van der Waals surface area contributed by atoms with Gasteiger partial charge in [0, 0.05) is 6.04 Å². The highest BCUT2D eigenvalue weighted by atomic mass is 15.2. The third kappa shape index (κ3) is 6.19. The summed E-state index contributed by atoms with van der Waals surface area (Å²) in [5.41, 5.74) is 0. The molecule has 0 spiro atoms. The summed E-state index contributed by atoms with van der Waals surface area (Å²) in [6.07, 6.45) is 11.2. The van der Waals surface area contributed by atoms with E-state index in [1.807, 2.05) is 0 Å². The first-order valence-corrected chi connectivity index (χ1v) is 8.16. The van der Waals surface area contributed by atoms with Crippen molar-refractivity contribution < 1.29 is 0 Å². The molecule has 0 bridgehead atoms. The van der Waals surface area contributed by atoms with Crippen LogP contribution in [0.15, 0.2) is 0 Å².